The molecule has 2 aromatic heterocycles. The molecule has 2 unspecified atom stereocenters. The number of nitrogens with zero attached hydrogens (tertiary/aromatic N) is 4. The number of nitrogens with two attached hydrogens (primary N) is 1. The Bertz CT molecular complexity index is 641. The predicted molar refractivity (Wildman–Crippen MR) is 69.7 cm³/mol. The van der Waals surface area contributed by atoms with E-state index in [0.29, 0.717) is 23.4 Å². The minimum absolute atomic E-state index is 0.0345. The van der Waals surface area contributed by atoms with E-state index < -0.39 is 5.97 Å². The van der Waals surface area contributed by atoms with Gasteiger partial charge in [0.15, 0.2) is 11.5 Å². The van der Waals surface area contributed by atoms with Gasteiger partial charge in [-0.05, 0) is 19.3 Å². The van der Waals surface area contributed by atoms with E-state index in [9.17, 15) is 4.79 Å². The second kappa shape index (κ2) is 5.04. The second-order valence-corrected chi connectivity index (χ2v) is 4.81. The zero-order valence-corrected chi connectivity index (χ0v) is 10.8. The maximum Gasteiger partial charge on any atom is 0.303 e. The summed E-state index contributed by atoms with van der Waals surface area (Å²) in [6.45, 7) is 0. The van der Waals surface area contributed by atoms with Gasteiger partial charge in [-0.25, -0.2) is 15.0 Å². The van der Waals surface area contributed by atoms with Gasteiger partial charge in [-0.3, -0.25) is 9.36 Å². The highest BCUT2D eigenvalue weighted by Crippen LogP contribution is 2.32. The van der Waals surface area contributed by atoms with Crippen molar-refractivity contribution in [3.05, 3.63) is 12.7 Å². The summed E-state index contributed by atoms with van der Waals surface area (Å²) in [6, 6.07) is 0. The van der Waals surface area contributed by atoms with Crippen LogP contribution in [0, 0.1) is 0 Å². The van der Waals surface area contributed by atoms with Crippen molar-refractivity contribution >= 4 is 23.0 Å². The van der Waals surface area contributed by atoms with Gasteiger partial charge in [0.2, 0.25) is 0 Å². The summed E-state index contributed by atoms with van der Waals surface area (Å²) >= 11 is 0. The maximum absolute atomic E-state index is 10.6. The van der Waals surface area contributed by atoms with Crippen molar-refractivity contribution in [3.8, 4) is 0 Å². The van der Waals surface area contributed by atoms with Crippen LogP contribution in [-0.2, 0) is 9.53 Å². The number of carboxylic acid groups (broad SMARTS) is 1. The number of carbonyl (C=O) groups is 1. The molecule has 106 valence electrons. The molecular formula is C12H15N5O3. The van der Waals surface area contributed by atoms with E-state index in [1.807, 2.05) is 4.57 Å². The Morgan fingerprint density at radius 3 is 3.10 bits per heavy atom. The van der Waals surface area contributed by atoms with E-state index >= 15 is 0 Å². The molecule has 0 radical (unpaired) electrons. The van der Waals surface area contributed by atoms with Crippen LogP contribution in [0.1, 0.15) is 31.9 Å². The van der Waals surface area contributed by atoms with Crippen LogP contribution in [-0.4, -0.2) is 36.7 Å². The number of aliphatic carboxylic acids is 1. The average molecular weight is 277 g/mol. The van der Waals surface area contributed by atoms with E-state index in [1.165, 1.54) is 6.33 Å². The third-order valence-corrected chi connectivity index (χ3v) is 3.46. The van der Waals surface area contributed by atoms with E-state index in [1.54, 1.807) is 6.33 Å². The Kier molecular flexibility index (Phi) is 3.23. The SMILES string of the molecule is Nc1ncnc2c1ncn2C1CCC(CCC(=O)O)O1. The molecule has 1 aliphatic rings. The van der Waals surface area contributed by atoms with Gasteiger partial charge in [-0.1, -0.05) is 0 Å². The van der Waals surface area contributed by atoms with Gasteiger partial charge in [0, 0.05) is 6.42 Å². The largest absolute Gasteiger partial charge is 0.481 e. The summed E-state index contributed by atoms with van der Waals surface area (Å²) in [4.78, 5) is 22.9. The van der Waals surface area contributed by atoms with E-state index in [-0.39, 0.29) is 18.8 Å². The minimum Gasteiger partial charge on any atom is -0.481 e. The fourth-order valence-electron chi connectivity index (χ4n) is 2.47. The Balaban J connectivity index is 1.76. The molecule has 3 heterocycles. The number of ether oxygens (including phenoxy) is 1. The lowest BCUT2D eigenvalue weighted by Crippen LogP contribution is -2.12. The van der Waals surface area contributed by atoms with Crippen molar-refractivity contribution in [2.24, 2.45) is 0 Å². The molecule has 1 fully saturated rings. The lowest BCUT2D eigenvalue weighted by atomic mass is 10.1. The fourth-order valence-corrected chi connectivity index (χ4v) is 2.47. The molecule has 3 N–H and O–H groups in total. The third-order valence-electron chi connectivity index (χ3n) is 3.46. The van der Waals surface area contributed by atoms with Crippen LogP contribution in [0.5, 0.6) is 0 Å². The summed E-state index contributed by atoms with van der Waals surface area (Å²) in [5.74, 6) is -0.459. The molecule has 8 heteroatoms. The van der Waals surface area contributed by atoms with Crippen LogP contribution in [0.15, 0.2) is 12.7 Å². The fraction of sp³-hybridized carbons (Fsp3) is 0.500. The van der Waals surface area contributed by atoms with Crippen LogP contribution >= 0.6 is 0 Å². The van der Waals surface area contributed by atoms with Crippen molar-refractivity contribution in [1.29, 1.82) is 0 Å². The lowest BCUT2D eigenvalue weighted by molar-refractivity contribution is -0.138. The van der Waals surface area contributed by atoms with Gasteiger partial charge < -0.3 is 15.6 Å². The van der Waals surface area contributed by atoms with Crippen LogP contribution in [0.2, 0.25) is 0 Å². The van der Waals surface area contributed by atoms with E-state index in [0.717, 1.165) is 12.8 Å². The normalized spacial score (nSPS) is 22.4. The molecule has 3 rings (SSSR count). The zero-order valence-electron chi connectivity index (χ0n) is 10.8. The molecule has 2 aromatic rings. The van der Waals surface area contributed by atoms with Gasteiger partial charge >= 0.3 is 5.97 Å². The molecule has 1 saturated heterocycles. The molecule has 1 aliphatic heterocycles. The first kappa shape index (κ1) is 12.8. The van der Waals surface area contributed by atoms with Crippen LogP contribution in [0.4, 0.5) is 5.82 Å². The number of fused-ring (bicyclic) bond motifs is 1. The number of hydrogen-bond acceptors (Lipinski definition) is 6. The number of hydrogen-bond donors (Lipinski definition) is 2. The van der Waals surface area contributed by atoms with E-state index in [4.69, 9.17) is 15.6 Å². The van der Waals surface area contributed by atoms with Gasteiger partial charge in [0.1, 0.15) is 18.1 Å². The third kappa shape index (κ3) is 2.29. The monoisotopic (exact) mass is 277 g/mol. The van der Waals surface area contributed by atoms with Crippen molar-refractivity contribution in [3.63, 3.8) is 0 Å². The molecule has 20 heavy (non-hydrogen) atoms. The molecule has 0 amide bonds. The topological polar surface area (TPSA) is 116 Å². The van der Waals surface area contributed by atoms with Crippen LogP contribution < -0.4 is 5.73 Å². The Morgan fingerprint density at radius 1 is 1.45 bits per heavy atom. The van der Waals surface area contributed by atoms with Gasteiger partial charge in [-0.15, -0.1) is 0 Å². The first-order chi connectivity index (χ1) is 9.65. The minimum atomic E-state index is -0.800. The molecule has 0 saturated carbocycles. The number of imidazole rings is 1. The van der Waals surface area contributed by atoms with Crippen LogP contribution in [0.3, 0.4) is 0 Å². The average Bonchev–Trinajstić information content (AvgIpc) is 3.02. The summed E-state index contributed by atoms with van der Waals surface area (Å²) in [5, 5.41) is 8.69. The molecule has 0 aliphatic carbocycles. The molecule has 2 atom stereocenters. The lowest BCUT2D eigenvalue weighted by Gasteiger charge is -2.14. The number of anilines is 1. The quantitative estimate of drug-likeness (QED) is 0.854. The van der Waals surface area contributed by atoms with Crippen molar-refractivity contribution < 1.29 is 14.6 Å². The molecule has 0 spiro atoms. The standard InChI is InChI=1S/C12H15N5O3/c13-11-10-12(15-5-14-11)17(6-16-10)8-3-1-7(20-8)2-4-9(18)19/h5-8H,1-4H2,(H,18,19)(H2,13,14,15). The highest BCUT2D eigenvalue weighted by molar-refractivity contribution is 5.81. The molecule has 0 bridgehead atoms. The van der Waals surface area contributed by atoms with Crippen molar-refractivity contribution in [1.82, 2.24) is 19.5 Å². The van der Waals surface area contributed by atoms with Gasteiger partial charge in [0.05, 0.1) is 12.4 Å². The van der Waals surface area contributed by atoms with Gasteiger partial charge in [0.25, 0.3) is 0 Å². The van der Waals surface area contributed by atoms with Crippen molar-refractivity contribution in [2.75, 3.05) is 5.73 Å². The van der Waals surface area contributed by atoms with Crippen molar-refractivity contribution in [2.45, 2.75) is 38.0 Å². The first-order valence-electron chi connectivity index (χ1n) is 6.45. The molecular weight excluding hydrogens is 262 g/mol. The number of rotatable bonds is 4. The Labute approximate surface area is 114 Å². The predicted octanol–water partition coefficient (Wildman–Crippen LogP) is 0.951. The summed E-state index contributed by atoms with van der Waals surface area (Å²) in [5.41, 5.74) is 6.94. The summed E-state index contributed by atoms with van der Waals surface area (Å²) in [7, 11) is 0. The Hall–Kier alpha value is -2.22. The number of nitrogen functional groups attached to an aromatic ring is 1. The highest BCUT2D eigenvalue weighted by atomic mass is 16.5. The summed E-state index contributed by atoms with van der Waals surface area (Å²) < 4.78 is 7.69. The van der Waals surface area contributed by atoms with Crippen LogP contribution in [0.25, 0.3) is 11.2 Å². The summed E-state index contributed by atoms with van der Waals surface area (Å²) in [6.07, 6.45) is 5.11. The first-order valence-corrected chi connectivity index (χ1v) is 6.45. The van der Waals surface area contributed by atoms with Gasteiger partial charge in [-0.2, -0.15) is 0 Å². The molecule has 8 nitrogen and oxygen atoms in total. The number of carboxylic acids is 1. The maximum atomic E-state index is 10.6. The second-order valence-electron chi connectivity index (χ2n) is 4.81. The van der Waals surface area contributed by atoms with E-state index in [2.05, 4.69) is 15.0 Å². The molecule has 0 aromatic carbocycles. The Morgan fingerprint density at radius 2 is 2.30 bits per heavy atom. The zero-order chi connectivity index (χ0) is 14.1. The highest BCUT2D eigenvalue weighted by Gasteiger charge is 2.28. The number of aromatic nitrogens is 4. The smallest absolute Gasteiger partial charge is 0.303 e.